The van der Waals surface area contributed by atoms with Gasteiger partial charge in [0.05, 0.1) is 18.7 Å². The highest BCUT2D eigenvalue weighted by molar-refractivity contribution is 7.13. The van der Waals surface area contributed by atoms with Gasteiger partial charge in [0.2, 0.25) is 5.91 Å². The number of benzene rings is 2. The molecule has 4 rings (SSSR count). The zero-order valence-electron chi connectivity index (χ0n) is 17.9. The Kier molecular flexibility index (Phi) is 6.35. The monoisotopic (exact) mass is 423 g/mol. The summed E-state index contributed by atoms with van der Waals surface area (Å²) < 4.78 is 5.29. The van der Waals surface area contributed by atoms with E-state index >= 15 is 0 Å². The van der Waals surface area contributed by atoms with Crippen LogP contribution < -0.4 is 10.1 Å². The fourth-order valence-electron chi connectivity index (χ4n) is 4.10. The number of piperidine rings is 1. The summed E-state index contributed by atoms with van der Waals surface area (Å²) >= 11 is 1.50. The Morgan fingerprint density at radius 2 is 2.10 bits per heavy atom. The number of amides is 1. The number of methoxy groups -OCH3 is 1. The maximum atomic E-state index is 12.8. The normalized spacial score (nSPS) is 18.3. The summed E-state index contributed by atoms with van der Waals surface area (Å²) in [5.41, 5.74) is 2.03. The number of nitrogens with zero attached hydrogens (tertiary/aromatic N) is 2. The van der Waals surface area contributed by atoms with Crippen LogP contribution in [0.4, 0.5) is 5.13 Å². The van der Waals surface area contributed by atoms with E-state index < -0.39 is 0 Å². The third-order valence-electron chi connectivity index (χ3n) is 5.87. The second-order valence-corrected chi connectivity index (χ2v) is 9.17. The van der Waals surface area contributed by atoms with Gasteiger partial charge >= 0.3 is 0 Å². The molecule has 30 heavy (non-hydrogen) atoms. The van der Waals surface area contributed by atoms with Crippen LogP contribution in [0.3, 0.4) is 0 Å². The zero-order chi connectivity index (χ0) is 21.1. The van der Waals surface area contributed by atoms with Gasteiger partial charge in [-0.05, 0) is 60.7 Å². The highest BCUT2D eigenvalue weighted by Crippen LogP contribution is 2.27. The van der Waals surface area contributed by atoms with Gasteiger partial charge in [0, 0.05) is 18.5 Å². The van der Waals surface area contributed by atoms with Crippen LogP contribution >= 0.6 is 11.3 Å². The number of nitrogens with one attached hydrogen (secondary N) is 1. The summed E-state index contributed by atoms with van der Waals surface area (Å²) in [5.74, 6) is 1.29. The van der Waals surface area contributed by atoms with E-state index in [9.17, 15) is 4.79 Å². The van der Waals surface area contributed by atoms with Gasteiger partial charge in [0.25, 0.3) is 0 Å². The Morgan fingerprint density at radius 1 is 1.30 bits per heavy atom. The van der Waals surface area contributed by atoms with E-state index in [1.54, 1.807) is 7.11 Å². The number of ether oxygens (including phenoxy) is 1. The molecule has 2 heterocycles. The van der Waals surface area contributed by atoms with Gasteiger partial charge in [0.1, 0.15) is 5.75 Å². The number of fused-ring (bicyclic) bond motifs is 1. The van der Waals surface area contributed by atoms with Gasteiger partial charge < -0.3 is 10.1 Å². The number of hydrogen-bond donors (Lipinski definition) is 1. The average molecular weight is 424 g/mol. The molecule has 2 atom stereocenters. The van der Waals surface area contributed by atoms with E-state index in [1.165, 1.54) is 24.2 Å². The Labute approximate surface area is 182 Å². The summed E-state index contributed by atoms with van der Waals surface area (Å²) in [6, 6.07) is 12.1. The first kappa shape index (κ1) is 20.8. The van der Waals surface area contributed by atoms with E-state index in [1.807, 2.05) is 37.3 Å². The van der Waals surface area contributed by atoms with Crippen LogP contribution in [0.2, 0.25) is 0 Å². The fraction of sp³-hybridized carbons (Fsp3) is 0.417. The van der Waals surface area contributed by atoms with Crippen molar-refractivity contribution in [3.63, 3.8) is 0 Å². The Morgan fingerprint density at radius 3 is 2.90 bits per heavy atom. The van der Waals surface area contributed by atoms with Crippen molar-refractivity contribution in [1.29, 1.82) is 0 Å². The third kappa shape index (κ3) is 4.82. The van der Waals surface area contributed by atoms with E-state index in [-0.39, 0.29) is 11.8 Å². The lowest BCUT2D eigenvalue weighted by Crippen LogP contribution is -2.33. The Bertz CT molecular complexity index is 1030. The maximum absolute atomic E-state index is 12.8. The van der Waals surface area contributed by atoms with Crippen molar-refractivity contribution in [1.82, 2.24) is 9.88 Å². The van der Waals surface area contributed by atoms with Crippen molar-refractivity contribution in [3.8, 4) is 5.75 Å². The van der Waals surface area contributed by atoms with Crippen molar-refractivity contribution in [2.75, 3.05) is 25.5 Å². The summed E-state index contributed by atoms with van der Waals surface area (Å²) in [5, 5.41) is 7.94. The number of anilines is 1. The molecule has 1 fully saturated rings. The lowest BCUT2D eigenvalue weighted by molar-refractivity contribution is -0.117. The lowest BCUT2D eigenvalue weighted by Gasteiger charge is -2.30. The molecule has 0 saturated carbocycles. The Balaban J connectivity index is 1.40. The largest absolute Gasteiger partial charge is 0.497 e. The number of rotatable bonds is 6. The van der Waals surface area contributed by atoms with Crippen LogP contribution in [0.1, 0.15) is 43.9 Å². The summed E-state index contributed by atoms with van der Waals surface area (Å²) in [4.78, 5) is 19.9. The van der Waals surface area contributed by atoms with Crippen LogP contribution in [0, 0.1) is 5.92 Å². The number of thiazole rings is 1. The van der Waals surface area contributed by atoms with Gasteiger partial charge in [-0.2, -0.15) is 0 Å². The SMILES string of the molecule is COc1ccc2cc([C@@H](C)C(=O)Nc3nc(CN4CCC[C@@H](C)C4)cs3)ccc2c1. The molecule has 1 aromatic heterocycles. The first-order valence-corrected chi connectivity index (χ1v) is 11.4. The molecule has 2 aromatic carbocycles. The molecule has 0 aliphatic carbocycles. The minimum atomic E-state index is -0.258. The molecule has 0 radical (unpaired) electrons. The van der Waals surface area contributed by atoms with Gasteiger partial charge in [0.15, 0.2) is 5.13 Å². The highest BCUT2D eigenvalue weighted by atomic mass is 32.1. The quantitative estimate of drug-likeness (QED) is 0.586. The molecule has 3 aromatic rings. The molecule has 1 amide bonds. The number of likely N-dealkylation sites (tertiary alicyclic amines) is 1. The van der Waals surface area contributed by atoms with Crippen LogP contribution in [-0.2, 0) is 11.3 Å². The van der Waals surface area contributed by atoms with Crippen LogP contribution in [0.25, 0.3) is 10.8 Å². The minimum Gasteiger partial charge on any atom is -0.497 e. The number of aromatic nitrogens is 1. The molecule has 158 valence electrons. The van der Waals surface area contributed by atoms with Gasteiger partial charge in [-0.15, -0.1) is 11.3 Å². The zero-order valence-corrected chi connectivity index (χ0v) is 18.7. The van der Waals surface area contributed by atoms with Gasteiger partial charge in [-0.25, -0.2) is 4.98 Å². The summed E-state index contributed by atoms with van der Waals surface area (Å²) in [7, 11) is 1.67. The second kappa shape index (κ2) is 9.14. The van der Waals surface area contributed by atoms with Gasteiger partial charge in [-0.3, -0.25) is 9.69 Å². The highest BCUT2D eigenvalue weighted by Gasteiger charge is 2.19. The van der Waals surface area contributed by atoms with Crippen LogP contribution in [0.15, 0.2) is 41.8 Å². The molecular formula is C24H29N3O2S. The standard InChI is InChI=1S/C24H29N3O2S/c1-16-5-4-10-27(13-16)14-21-15-30-24(25-21)26-23(28)17(2)18-6-7-20-12-22(29-3)9-8-19(20)11-18/h6-9,11-12,15-17H,4-5,10,13-14H2,1-3H3,(H,25,26,28)/t16-,17-/m1/s1. The van der Waals surface area contributed by atoms with E-state index in [0.29, 0.717) is 5.13 Å². The predicted molar refractivity (Wildman–Crippen MR) is 123 cm³/mol. The number of hydrogen-bond acceptors (Lipinski definition) is 5. The molecular weight excluding hydrogens is 394 g/mol. The molecule has 1 N–H and O–H groups in total. The van der Waals surface area contributed by atoms with Crippen LogP contribution in [0.5, 0.6) is 5.75 Å². The summed E-state index contributed by atoms with van der Waals surface area (Å²) in [6.45, 7) is 7.37. The van der Waals surface area contributed by atoms with E-state index in [0.717, 1.165) is 53.3 Å². The molecule has 5 nitrogen and oxygen atoms in total. The third-order valence-corrected chi connectivity index (χ3v) is 6.68. The second-order valence-electron chi connectivity index (χ2n) is 8.31. The van der Waals surface area contributed by atoms with Crippen molar-refractivity contribution < 1.29 is 9.53 Å². The predicted octanol–water partition coefficient (Wildman–Crippen LogP) is 5.28. The van der Waals surface area contributed by atoms with Crippen LogP contribution in [-0.4, -0.2) is 36.0 Å². The lowest BCUT2D eigenvalue weighted by atomic mass is 9.97. The van der Waals surface area contributed by atoms with E-state index in [4.69, 9.17) is 4.74 Å². The topological polar surface area (TPSA) is 54.5 Å². The molecule has 1 aliphatic rings. The van der Waals surface area contributed by atoms with Crippen molar-refractivity contribution in [2.24, 2.45) is 5.92 Å². The smallest absolute Gasteiger partial charge is 0.233 e. The first-order chi connectivity index (χ1) is 14.5. The van der Waals surface area contributed by atoms with Crippen molar-refractivity contribution >= 4 is 33.1 Å². The number of carbonyl (C=O) groups excluding carboxylic acids is 1. The molecule has 0 bridgehead atoms. The average Bonchev–Trinajstić information content (AvgIpc) is 3.19. The first-order valence-electron chi connectivity index (χ1n) is 10.6. The molecule has 0 spiro atoms. The Hall–Kier alpha value is -2.44. The molecule has 1 saturated heterocycles. The minimum absolute atomic E-state index is 0.0321. The van der Waals surface area contributed by atoms with Crippen molar-refractivity contribution in [3.05, 3.63) is 53.0 Å². The number of carbonyl (C=O) groups is 1. The molecule has 6 heteroatoms. The molecule has 0 unspecified atom stereocenters. The van der Waals surface area contributed by atoms with Gasteiger partial charge in [-0.1, -0.05) is 31.2 Å². The van der Waals surface area contributed by atoms with Crippen molar-refractivity contribution in [2.45, 2.75) is 39.2 Å². The fourth-order valence-corrected chi connectivity index (χ4v) is 4.80. The van der Waals surface area contributed by atoms with E-state index in [2.05, 4.69) is 33.6 Å². The molecule has 1 aliphatic heterocycles. The maximum Gasteiger partial charge on any atom is 0.233 e. The summed E-state index contributed by atoms with van der Waals surface area (Å²) in [6.07, 6.45) is 2.57.